The quantitative estimate of drug-likeness (QED) is 0.761. The maximum Gasteiger partial charge on any atom is 0.243 e. The number of halogens is 1. The van der Waals surface area contributed by atoms with E-state index in [9.17, 15) is 9.18 Å². The summed E-state index contributed by atoms with van der Waals surface area (Å²) in [6.07, 6.45) is 3.57. The van der Waals surface area contributed by atoms with Crippen LogP contribution in [0.5, 0.6) is 0 Å². The molecule has 0 aliphatic heterocycles. The Morgan fingerprint density at radius 3 is 2.61 bits per heavy atom. The Morgan fingerprint density at radius 1 is 1.09 bits per heavy atom. The van der Waals surface area contributed by atoms with Crippen LogP contribution in [-0.2, 0) is 4.79 Å². The molecule has 2 aromatic carbocycles. The van der Waals surface area contributed by atoms with Crippen molar-refractivity contribution in [3.05, 3.63) is 72.8 Å². The van der Waals surface area contributed by atoms with Crippen LogP contribution < -0.4 is 10.6 Å². The van der Waals surface area contributed by atoms with Gasteiger partial charge in [0.2, 0.25) is 5.91 Å². The molecule has 5 nitrogen and oxygen atoms in total. The molecule has 1 amide bonds. The van der Waals surface area contributed by atoms with E-state index in [0.29, 0.717) is 5.69 Å². The molecule has 0 bridgehead atoms. The number of carbonyl (C=O) groups excluding carboxylic acids is 1. The number of nitrogens with one attached hydrogen (secondary N) is 2. The topological polar surface area (TPSA) is 59.0 Å². The first-order valence-corrected chi connectivity index (χ1v) is 7.10. The van der Waals surface area contributed by atoms with Crippen LogP contribution in [0, 0.1) is 5.82 Å². The van der Waals surface area contributed by atoms with Gasteiger partial charge in [-0.1, -0.05) is 6.07 Å². The van der Waals surface area contributed by atoms with Crippen LogP contribution in [-0.4, -0.2) is 22.2 Å². The van der Waals surface area contributed by atoms with Crippen molar-refractivity contribution in [2.45, 2.75) is 0 Å². The lowest BCUT2D eigenvalue weighted by Crippen LogP contribution is -2.21. The predicted octanol–water partition coefficient (Wildman–Crippen LogP) is 3.06. The molecule has 1 aromatic heterocycles. The van der Waals surface area contributed by atoms with Gasteiger partial charge >= 0.3 is 0 Å². The lowest BCUT2D eigenvalue weighted by molar-refractivity contribution is -0.114. The van der Waals surface area contributed by atoms with Crippen LogP contribution in [0.1, 0.15) is 0 Å². The fourth-order valence-corrected chi connectivity index (χ4v) is 2.11. The van der Waals surface area contributed by atoms with Crippen LogP contribution in [0.2, 0.25) is 0 Å². The molecule has 6 heteroatoms. The van der Waals surface area contributed by atoms with Crippen LogP contribution in [0.3, 0.4) is 0 Å². The van der Waals surface area contributed by atoms with Gasteiger partial charge in [-0.15, -0.1) is 0 Å². The Labute approximate surface area is 132 Å². The summed E-state index contributed by atoms with van der Waals surface area (Å²) in [5.74, 6) is -0.628. The first kappa shape index (κ1) is 14.8. The van der Waals surface area contributed by atoms with Crippen LogP contribution in [0.25, 0.3) is 5.69 Å². The number of nitrogens with zero attached hydrogens (tertiary/aromatic N) is 2. The van der Waals surface area contributed by atoms with Gasteiger partial charge in [0.15, 0.2) is 0 Å². The summed E-state index contributed by atoms with van der Waals surface area (Å²) in [6.45, 7) is 0.0949. The number of rotatable bonds is 5. The zero-order valence-corrected chi connectivity index (χ0v) is 12.2. The van der Waals surface area contributed by atoms with Gasteiger partial charge in [-0.2, -0.15) is 5.10 Å². The standard InChI is InChI=1S/C17H15FN4O/c18-13-3-1-4-15(11-13)21-17(23)12-19-14-5-7-16(8-6-14)22-10-2-9-20-22/h1-11,19H,12H2,(H,21,23). The van der Waals surface area contributed by atoms with Crippen molar-refractivity contribution in [1.29, 1.82) is 0 Å². The fourth-order valence-electron chi connectivity index (χ4n) is 2.11. The van der Waals surface area contributed by atoms with Crippen LogP contribution in [0.4, 0.5) is 15.8 Å². The maximum absolute atomic E-state index is 13.0. The Morgan fingerprint density at radius 2 is 1.91 bits per heavy atom. The van der Waals surface area contributed by atoms with E-state index in [2.05, 4.69) is 15.7 Å². The second-order valence-electron chi connectivity index (χ2n) is 4.91. The van der Waals surface area contributed by atoms with E-state index < -0.39 is 0 Å². The number of anilines is 2. The van der Waals surface area contributed by atoms with Gasteiger partial charge in [-0.25, -0.2) is 9.07 Å². The normalized spacial score (nSPS) is 10.3. The third kappa shape index (κ3) is 3.94. The molecule has 0 saturated carbocycles. The third-order valence-electron chi connectivity index (χ3n) is 3.20. The summed E-state index contributed by atoms with van der Waals surface area (Å²) in [7, 11) is 0. The second-order valence-corrected chi connectivity index (χ2v) is 4.91. The Bertz CT molecular complexity index is 785. The maximum atomic E-state index is 13.0. The number of aromatic nitrogens is 2. The summed E-state index contributed by atoms with van der Waals surface area (Å²) < 4.78 is 14.8. The van der Waals surface area contributed by atoms with Crippen LogP contribution in [0.15, 0.2) is 67.0 Å². The Kier molecular flexibility index (Phi) is 4.33. The first-order chi connectivity index (χ1) is 11.2. The minimum atomic E-state index is -0.384. The van der Waals surface area contributed by atoms with Gasteiger partial charge in [-0.05, 0) is 48.5 Å². The number of hydrogen-bond acceptors (Lipinski definition) is 3. The smallest absolute Gasteiger partial charge is 0.243 e. The second kappa shape index (κ2) is 6.74. The highest BCUT2D eigenvalue weighted by Gasteiger charge is 2.03. The van der Waals surface area contributed by atoms with Crippen molar-refractivity contribution in [2.75, 3.05) is 17.2 Å². The lowest BCUT2D eigenvalue weighted by Gasteiger charge is -2.09. The van der Waals surface area contributed by atoms with Crippen molar-refractivity contribution in [2.24, 2.45) is 0 Å². The van der Waals surface area contributed by atoms with Crippen molar-refractivity contribution < 1.29 is 9.18 Å². The number of hydrogen-bond donors (Lipinski definition) is 2. The van der Waals surface area contributed by atoms with E-state index in [1.54, 1.807) is 23.0 Å². The van der Waals surface area contributed by atoms with Gasteiger partial charge < -0.3 is 10.6 Å². The highest BCUT2D eigenvalue weighted by molar-refractivity contribution is 5.93. The zero-order valence-electron chi connectivity index (χ0n) is 12.2. The minimum Gasteiger partial charge on any atom is -0.376 e. The van der Waals surface area contributed by atoms with E-state index in [0.717, 1.165) is 11.4 Å². The van der Waals surface area contributed by atoms with Crippen molar-refractivity contribution in [3.8, 4) is 5.69 Å². The average molecular weight is 310 g/mol. The molecular weight excluding hydrogens is 295 g/mol. The van der Waals surface area contributed by atoms with E-state index in [4.69, 9.17) is 0 Å². The van der Waals surface area contributed by atoms with E-state index in [1.165, 1.54) is 12.1 Å². The summed E-state index contributed by atoms with van der Waals surface area (Å²) in [4.78, 5) is 11.8. The molecule has 0 aliphatic carbocycles. The molecular formula is C17H15FN4O. The summed E-state index contributed by atoms with van der Waals surface area (Å²) in [5, 5.41) is 9.79. The van der Waals surface area contributed by atoms with E-state index in [1.807, 2.05) is 36.5 Å². The molecule has 23 heavy (non-hydrogen) atoms. The molecule has 0 atom stereocenters. The zero-order chi connectivity index (χ0) is 16.1. The van der Waals surface area contributed by atoms with Gasteiger partial charge in [0, 0.05) is 23.8 Å². The van der Waals surface area contributed by atoms with Gasteiger partial charge in [0.25, 0.3) is 0 Å². The molecule has 0 unspecified atom stereocenters. The highest BCUT2D eigenvalue weighted by Crippen LogP contribution is 2.13. The van der Waals surface area contributed by atoms with Crippen LogP contribution >= 0.6 is 0 Å². The fraction of sp³-hybridized carbons (Fsp3) is 0.0588. The van der Waals surface area contributed by atoms with Gasteiger partial charge in [0.05, 0.1) is 12.2 Å². The molecule has 2 N–H and O–H groups in total. The summed E-state index contributed by atoms with van der Waals surface area (Å²) in [6, 6.07) is 15.2. The van der Waals surface area contributed by atoms with Gasteiger partial charge in [0.1, 0.15) is 5.82 Å². The average Bonchev–Trinajstić information content (AvgIpc) is 3.08. The summed E-state index contributed by atoms with van der Waals surface area (Å²) >= 11 is 0. The molecule has 0 saturated heterocycles. The first-order valence-electron chi connectivity index (χ1n) is 7.10. The summed E-state index contributed by atoms with van der Waals surface area (Å²) in [5.41, 5.74) is 2.19. The number of benzene rings is 2. The number of carbonyl (C=O) groups is 1. The number of amides is 1. The Balaban J connectivity index is 1.54. The monoisotopic (exact) mass is 310 g/mol. The lowest BCUT2D eigenvalue weighted by atomic mass is 10.2. The molecule has 3 rings (SSSR count). The Hall–Kier alpha value is -3.15. The minimum absolute atomic E-state index is 0.0949. The van der Waals surface area contributed by atoms with Crippen molar-refractivity contribution >= 4 is 17.3 Å². The van der Waals surface area contributed by atoms with E-state index in [-0.39, 0.29) is 18.3 Å². The largest absolute Gasteiger partial charge is 0.376 e. The molecule has 0 spiro atoms. The van der Waals surface area contributed by atoms with Crippen molar-refractivity contribution in [3.63, 3.8) is 0 Å². The highest BCUT2D eigenvalue weighted by atomic mass is 19.1. The van der Waals surface area contributed by atoms with E-state index >= 15 is 0 Å². The molecule has 116 valence electrons. The van der Waals surface area contributed by atoms with Crippen molar-refractivity contribution in [1.82, 2.24) is 9.78 Å². The van der Waals surface area contributed by atoms with Gasteiger partial charge in [-0.3, -0.25) is 4.79 Å². The molecule has 1 heterocycles. The molecule has 0 radical (unpaired) electrons. The third-order valence-corrected chi connectivity index (χ3v) is 3.20. The molecule has 0 aliphatic rings. The molecule has 0 fully saturated rings. The molecule has 3 aromatic rings. The SMILES string of the molecule is O=C(CNc1ccc(-n2cccn2)cc1)Nc1cccc(F)c1. The predicted molar refractivity (Wildman–Crippen MR) is 87.1 cm³/mol.